The van der Waals surface area contributed by atoms with Crippen LogP contribution in [-0.2, 0) is 0 Å². The standard InChI is InChI=1S/C30H58/c1-6-8-9-10-15-18-23-29(4)24-19-16-13-11-12-14-17-20-25-30(5)27-21-26-28(3)22-7-2/h28-30H,6-18,20-23,25-27H2,1-5H3. The maximum atomic E-state index is 3.49. The molecule has 0 aromatic heterocycles. The largest absolute Gasteiger partial charge is 0.103 e. The summed E-state index contributed by atoms with van der Waals surface area (Å²) in [6, 6.07) is 0. The van der Waals surface area contributed by atoms with E-state index in [0.29, 0.717) is 5.92 Å². The molecule has 0 bridgehead atoms. The Morgan fingerprint density at radius 2 is 0.967 bits per heavy atom. The van der Waals surface area contributed by atoms with E-state index in [4.69, 9.17) is 0 Å². The first-order chi connectivity index (χ1) is 14.6. The number of unbranched alkanes of at least 4 members (excludes halogenated alkanes) is 11. The third kappa shape index (κ3) is 22.2. The minimum atomic E-state index is 0.605. The Morgan fingerprint density at radius 1 is 0.467 bits per heavy atom. The summed E-state index contributed by atoms with van der Waals surface area (Å²) < 4.78 is 0. The molecule has 0 aromatic carbocycles. The smallest absolute Gasteiger partial charge is 0.0174 e. The van der Waals surface area contributed by atoms with E-state index >= 15 is 0 Å². The van der Waals surface area contributed by atoms with Crippen molar-refractivity contribution < 1.29 is 0 Å². The Bertz CT molecular complexity index is 385. The molecule has 178 valence electrons. The summed E-state index contributed by atoms with van der Waals surface area (Å²) in [5.41, 5.74) is 0. The highest BCUT2D eigenvalue weighted by molar-refractivity contribution is 5.02. The fourth-order valence-electron chi connectivity index (χ4n) is 4.56. The van der Waals surface area contributed by atoms with E-state index in [-0.39, 0.29) is 0 Å². The zero-order chi connectivity index (χ0) is 22.3. The third-order valence-corrected chi connectivity index (χ3v) is 6.76. The summed E-state index contributed by atoms with van der Waals surface area (Å²) in [4.78, 5) is 0. The molecule has 0 saturated heterocycles. The van der Waals surface area contributed by atoms with E-state index in [9.17, 15) is 0 Å². The van der Waals surface area contributed by atoms with Crippen molar-refractivity contribution >= 4 is 0 Å². The van der Waals surface area contributed by atoms with Crippen LogP contribution < -0.4 is 0 Å². The molecule has 0 saturated carbocycles. The van der Waals surface area contributed by atoms with E-state index in [1.54, 1.807) is 0 Å². The fraction of sp³-hybridized carbons (Fsp3) is 0.933. The highest BCUT2D eigenvalue weighted by Crippen LogP contribution is 2.20. The Morgan fingerprint density at radius 3 is 1.60 bits per heavy atom. The predicted molar refractivity (Wildman–Crippen MR) is 139 cm³/mol. The molecule has 0 amide bonds. The Hall–Kier alpha value is -0.440. The lowest BCUT2D eigenvalue weighted by Gasteiger charge is -2.13. The predicted octanol–water partition coefficient (Wildman–Crippen LogP) is 10.7. The van der Waals surface area contributed by atoms with Gasteiger partial charge in [0.25, 0.3) is 0 Å². The van der Waals surface area contributed by atoms with Crippen LogP contribution in [0.25, 0.3) is 0 Å². The van der Waals surface area contributed by atoms with Crippen molar-refractivity contribution in [2.24, 2.45) is 17.8 Å². The lowest BCUT2D eigenvalue weighted by molar-refractivity contribution is 0.398. The van der Waals surface area contributed by atoms with Gasteiger partial charge in [-0.25, -0.2) is 0 Å². The molecule has 0 fully saturated rings. The van der Waals surface area contributed by atoms with Crippen molar-refractivity contribution in [2.75, 3.05) is 0 Å². The molecule has 0 spiro atoms. The minimum absolute atomic E-state index is 0.605. The zero-order valence-corrected chi connectivity index (χ0v) is 21.9. The lowest BCUT2D eigenvalue weighted by Crippen LogP contribution is -1.99. The van der Waals surface area contributed by atoms with Gasteiger partial charge in [-0.1, -0.05) is 144 Å². The quantitative estimate of drug-likeness (QED) is 0.128. The van der Waals surface area contributed by atoms with Crippen LogP contribution in [0.4, 0.5) is 0 Å². The molecule has 0 aromatic rings. The maximum absolute atomic E-state index is 3.49. The second-order valence-corrected chi connectivity index (χ2v) is 10.4. The van der Waals surface area contributed by atoms with E-state index in [1.165, 1.54) is 122 Å². The van der Waals surface area contributed by atoms with E-state index in [1.807, 2.05) is 0 Å². The monoisotopic (exact) mass is 418 g/mol. The van der Waals surface area contributed by atoms with E-state index in [0.717, 1.165) is 18.3 Å². The SMILES string of the molecule is CCCCCCCCC(C)C#CCCCCCCCCC(C)CCCC(C)CCC. The normalized spacial score (nSPS) is 14.2. The summed E-state index contributed by atoms with van der Waals surface area (Å²) in [5.74, 6) is 9.42. The molecule has 0 rings (SSSR count). The topological polar surface area (TPSA) is 0 Å². The van der Waals surface area contributed by atoms with Crippen molar-refractivity contribution in [1.29, 1.82) is 0 Å². The zero-order valence-electron chi connectivity index (χ0n) is 21.9. The molecule has 3 atom stereocenters. The van der Waals surface area contributed by atoms with Gasteiger partial charge in [-0.15, -0.1) is 11.8 Å². The van der Waals surface area contributed by atoms with Crippen molar-refractivity contribution in [1.82, 2.24) is 0 Å². The molecule has 0 heteroatoms. The molecule has 0 nitrogen and oxygen atoms in total. The summed E-state index contributed by atoms with van der Waals surface area (Å²) in [6.45, 7) is 11.8. The Labute approximate surface area is 192 Å². The first kappa shape index (κ1) is 29.6. The second kappa shape index (κ2) is 23.2. The van der Waals surface area contributed by atoms with Crippen molar-refractivity contribution in [3.8, 4) is 11.8 Å². The number of hydrogen-bond donors (Lipinski definition) is 0. The first-order valence-corrected chi connectivity index (χ1v) is 14.1. The van der Waals surface area contributed by atoms with Crippen LogP contribution in [0.5, 0.6) is 0 Å². The van der Waals surface area contributed by atoms with Crippen LogP contribution in [0.15, 0.2) is 0 Å². The summed E-state index contributed by atoms with van der Waals surface area (Å²) in [6.07, 6.45) is 27.8. The van der Waals surface area contributed by atoms with Crippen LogP contribution in [0.3, 0.4) is 0 Å². The van der Waals surface area contributed by atoms with Gasteiger partial charge in [-0.2, -0.15) is 0 Å². The lowest BCUT2D eigenvalue weighted by atomic mass is 9.93. The van der Waals surface area contributed by atoms with Gasteiger partial charge in [-0.3, -0.25) is 0 Å². The second-order valence-electron chi connectivity index (χ2n) is 10.4. The first-order valence-electron chi connectivity index (χ1n) is 14.1. The Kier molecular flexibility index (Phi) is 22.9. The molecule has 0 aliphatic rings. The van der Waals surface area contributed by atoms with Gasteiger partial charge in [-0.05, 0) is 24.7 Å². The van der Waals surface area contributed by atoms with Crippen molar-refractivity contribution in [3.05, 3.63) is 0 Å². The van der Waals surface area contributed by atoms with Gasteiger partial charge in [0.1, 0.15) is 0 Å². The van der Waals surface area contributed by atoms with E-state index in [2.05, 4.69) is 46.5 Å². The van der Waals surface area contributed by atoms with Crippen LogP contribution >= 0.6 is 0 Å². The van der Waals surface area contributed by atoms with Crippen molar-refractivity contribution in [2.45, 2.75) is 163 Å². The molecular formula is C30H58. The summed E-state index contributed by atoms with van der Waals surface area (Å²) in [5, 5.41) is 0. The highest BCUT2D eigenvalue weighted by atomic mass is 14.1. The third-order valence-electron chi connectivity index (χ3n) is 6.76. The molecule has 0 aliphatic heterocycles. The molecule has 0 N–H and O–H groups in total. The highest BCUT2D eigenvalue weighted by Gasteiger charge is 2.05. The summed E-state index contributed by atoms with van der Waals surface area (Å²) >= 11 is 0. The molecule has 0 aliphatic carbocycles. The van der Waals surface area contributed by atoms with Crippen molar-refractivity contribution in [3.63, 3.8) is 0 Å². The van der Waals surface area contributed by atoms with Crippen LogP contribution in [0.1, 0.15) is 163 Å². The van der Waals surface area contributed by atoms with Gasteiger partial charge in [0.15, 0.2) is 0 Å². The molecular weight excluding hydrogens is 360 g/mol. The van der Waals surface area contributed by atoms with E-state index < -0.39 is 0 Å². The van der Waals surface area contributed by atoms with Gasteiger partial charge in [0, 0.05) is 12.3 Å². The van der Waals surface area contributed by atoms with Gasteiger partial charge in [0.05, 0.1) is 0 Å². The molecule has 0 heterocycles. The van der Waals surface area contributed by atoms with Gasteiger partial charge in [0.2, 0.25) is 0 Å². The summed E-state index contributed by atoms with van der Waals surface area (Å²) in [7, 11) is 0. The van der Waals surface area contributed by atoms with Gasteiger partial charge >= 0.3 is 0 Å². The molecule has 30 heavy (non-hydrogen) atoms. The molecule has 0 radical (unpaired) electrons. The maximum Gasteiger partial charge on any atom is 0.0174 e. The molecule has 3 unspecified atom stereocenters. The van der Waals surface area contributed by atoms with Crippen LogP contribution in [0, 0.1) is 29.6 Å². The fourth-order valence-corrected chi connectivity index (χ4v) is 4.56. The van der Waals surface area contributed by atoms with Crippen LogP contribution in [-0.4, -0.2) is 0 Å². The average Bonchev–Trinajstić information content (AvgIpc) is 2.72. The van der Waals surface area contributed by atoms with Gasteiger partial charge < -0.3 is 0 Å². The van der Waals surface area contributed by atoms with Crippen LogP contribution in [0.2, 0.25) is 0 Å². The number of hydrogen-bond acceptors (Lipinski definition) is 0. The average molecular weight is 419 g/mol. The Balaban J connectivity index is 3.38. The minimum Gasteiger partial charge on any atom is -0.103 e. The number of rotatable bonds is 21.